The van der Waals surface area contributed by atoms with Crippen LogP contribution in [0.4, 0.5) is 18.9 Å². The smallest absolute Gasteiger partial charge is 0.350 e. The molecule has 11 heteroatoms. The number of nitrogens with one attached hydrogen (secondary N) is 3. The van der Waals surface area contributed by atoms with Crippen molar-refractivity contribution in [1.82, 2.24) is 9.71 Å². The van der Waals surface area contributed by atoms with Gasteiger partial charge in [-0.05, 0) is 42.5 Å². The van der Waals surface area contributed by atoms with E-state index in [9.17, 15) is 26.4 Å². The van der Waals surface area contributed by atoms with Crippen molar-refractivity contribution < 1.29 is 26.4 Å². The van der Waals surface area contributed by atoms with Gasteiger partial charge in [0.25, 0.3) is 5.91 Å². The molecule has 28 heavy (non-hydrogen) atoms. The molecular weight excluding hydrogens is 463 g/mol. The summed E-state index contributed by atoms with van der Waals surface area (Å²) in [6.45, 7) is -1.66. The third kappa shape index (κ3) is 4.91. The van der Waals surface area contributed by atoms with Crippen molar-refractivity contribution in [2.24, 2.45) is 0 Å². The van der Waals surface area contributed by atoms with Crippen LogP contribution in [0.1, 0.15) is 10.5 Å². The highest BCUT2D eigenvalue weighted by Gasteiger charge is 2.30. The Morgan fingerprint density at radius 3 is 2.39 bits per heavy atom. The second-order valence-electron chi connectivity index (χ2n) is 5.83. The van der Waals surface area contributed by atoms with Crippen molar-refractivity contribution in [2.75, 3.05) is 11.9 Å². The second-order valence-corrected chi connectivity index (χ2v) is 8.52. The minimum atomic E-state index is -4.66. The van der Waals surface area contributed by atoms with Gasteiger partial charge >= 0.3 is 6.18 Å². The lowest BCUT2D eigenvalue weighted by Crippen LogP contribution is -2.33. The lowest BCUT2D eigenvalue weighted by Gasteiger charge is -2.10. The largest absolute Gasteiger partial charge is 0.402 e. The number of amides is 1. The molecule has 0 aliphatic rings. The Kier molecular flexibility index (Phi) is 5.50. The van der Waals surface area contributed by atoms with E-state index < -0.39 is 28.7 Å². The van der Waals surface area contributed by atoms with Gasteiger partial charge in [-0.2, -0.15) is 13.2 Å². The first-order valence-electron chi connectivity index (χ1n) is 7.80. The predicted molar refractivity (Wildman–Crippen MR) is 102 cm³/mol. The highest BCUT2D eigenvalue weighted by Crippen LogP contribution is 2.22. The molecule has 0 unspecified atom stereocenters. The summed E-state index contributed by atoms with van der Waals surface area (Å²) in [5.74, 6) is -0.446. The van der Waals surface area contributed by atoms with E-state index in [1.54, 1.807) is 6.07 Å². The SMILES string of the molecule is O=C(Nc1ccc(S(=O)(=O)NCC(F)(F)F)cc1)c1cc2ccc(Br)cc2[nH]1. The lowest BCUT2D eigenvalue weighted by molar-refractivity contribution is -0.121. The number of halogens is 4. The minimum absolute atomic E-state index is 0.291. The molecule has 0 aliphatic heterocycles. The zero-order chi connectivity index (χ0) is 20.5. The molecule has 0 saturated heterocycles. The van der Waals surface area contributed by atoms with E-state index >= 15 is 0 Å². The van der Waals surface area contributed by atoms with Gasteiger partial charge in [-0.1, -0.05) is 22.0 Å². The molecule has 6 nitrogen and oxygen atoms in total. The molecule has 0 radical (unpaired) electrons. The summed E-state index contributed by atoms with van der Waals surface area (Å²) in [5.41, 5.74) is 1.35. The fourth-order valence-corrected chi connectivity index (χ4v) is 3.77. The van der Waals surface area contributed by atoms with Crippen molar-refractivity contribution in [2.45, 2.75) is 11.1 Å². The number of benzene rings is 2. The number of aromatic amines is 1. The molecule has 0 fully saturated rings. The number of carbonyl (C=O) groups excluding carboxylic acids is 1. The topological polar surface area (TPSA) is 91.1 Å². The first kappa shape index (κ1) is 20.4. The lowest BCUT2D eigenvalue weighted by atomic mass is 10.2. The van der Waals surface area contributed by atoms with Crippen molar-refractivity contribution in [3.8, 4) is 0 Å². The number of hydrogen-bond acceptors (Lipinski definition) is 3. The van der Waals surface area contributed by atoms with Crippen molar-refractivity contribution in [3.63, 3.8) is 0 Å². The third-order valence-electron chi connectivity index (χ3n) is 3.71. The molecule has 3 rings (SSSR count). The highest BCUT2D eigenvalue weighted by atomic mass is 79.9. The van der Waals surface area contributed by atoms with Gasteiger partial charge in [-0.15, -0.1) is 0 Å². The fraction of sp³-hybridized carbons (Fsp3) is 0.118. The summed E-state index contributed by atoms with van der Waals surface area (Å²) >= 11 is 3.34. The molecule has 3 N–H and O–H groups in total. The van der Waals surface area contributed by atoms with Crippen LogP contribution in [0.5, 0.6) is 0 Å². The molecule has 2 aromatic carbocycles. The van der Waals surface area contributed by atoms with Crippen LogP contribution in [0, 0.1) is 0 Å². The monoisotopic (exact) mass is 475 g/mol. The standard InChI is InChI=1S/C17H13BrF3N3O3S/c18-11-2-1-10-7-15(24-14(10)8-11)16(25)23-12-3-5-13(6-4-12)28(26,27)22-9-17(19,20)21/h1-8,22,24H,9H2,(H,23,25). The van der Waals surface area contributed by atoms with Crippen LogP contribution in [-0.2, 0) is 10.0 Å². The first-order valence-corrected chi connectivity index (χ1v) is 10.1. The van der Waals surface area contributed by atoms with Crippen LogP contribution in [0.2, 0.25) is 0 Å². The molecule has 3 aromatic rings. The van der Waals surface area contributed by atoms with Crippen LogP contribution < -0.4 is 10.0 Å². The number of aromatic nitrogens is 1. The molecule has 148 valence electrons. The van der Waals surface area contributed by atoms with Gasteiger partial charge in [0.05, 0.1) is 4.90 Å². The maximum absolute atomic E-state index is 12.4. The molecular formula is C17H13BrF3N3O3S. The molecule has 1 heterocycles. The Hall–Kier alpha value is -2.37. The summed E-state index contributed by atoms with van der Waals surface area (Å²) in [4.78, 5) is 15.0. The van der Waals surface area contributed by atoms with Crippen molar-refractivity contribution >= 4 is 48.5 Å². The van der Waals surface area contributed by atoms with Crippen LogP contribution in [0.15, 0.2) is 57.9 Å². The summed E-state index contributed by atoms with van der Waals surface area (Å²) < 4.78 is 62.6. The number of H-pyrrole nitrogens is 1. The van der Waals surface area contributed by atoms with E-state index in [2.05, 4.69) is 26.2 Å². The number of anilines is 1. The van der Waals surface area contributed by atoms with Crippen LogP contribution in [0.3, 0.4) is 0 Å². The second kappa shape index (κ2) is 7.57. The Morgan fingerprint density at radius 1 is 1.07 bits per heavy atom. The zero-order valence-corrected chi connectivity index (χ0v) is 16.4. The van der Waals surface area contributed by atoms with Crippen LogP contribution >= 0.6 is 15.9 Å². The van der Waals surface area contributed by atoms with Gasteiger partial charge in [-0.25, -0.2) is 13.1 Å². The highest BCUT2D eigenvalue weighted by molar-refractivity contribution is 9.10. The Labute approximate surface area is 166 Å². The summed E-state index contributed by atoms with van der Waals surface area (Å²) in [6, 6.07) is 12.0. The quantitative estimate of drug-likeness (QED) is 0.520. The summed E-state index contributed by atoms with van der Waals surface area (Å²) in [6.07, 6.45) is -4.66. The fourth-order valence-electron chi connectivity index (χ4n) is 2.40. The maximum Gasteiger partial charge on any atom is 0.402 e. The van der Waals surface area contributed by atoms with Crippen LogP contribution in [-0.4, -0.2) is 32.0 Å². The molecule has 0 saturated carbocycles. The number of sulfonamides is 1. The van der Waals surface area contributed by atoms with E-state index in [4.69, 9.17) is 0 Å². The number of carbonyl (C=O) groups is 1. The van der Waals surface area contributed by atoms with Gasteiger partial charge in [0.1, 0.15) is 12.2 Å². The normalized spacial score (nSPS) is 12.3. The van der Waals surface area contributed by atoms with Crippen LogP contribution in [0.25, 0.3) is 10.9 Å². The molecule has 0 aliphatic carbocycles. The van der Waals surface area contributed by atoms with Gasteiger partial charge in [-0.3, -0.25) is 4.79 Å². The van der Waals surface area contributed by atoms with Gasteiger partial charge in [0.2, 0.25) is 10.0 Å². The molecule has 0 bridgehead atoms. The molecule has 1 amide bonds. The third-order valence-corrected chi connectivity index (χ3v) is 5.62. The zero-order valence-electron chi connectivity index (χ0n) is 14.0. The summed E-state index contributed by atoms with van der Waals surface area (Å²) in [7, 11) is -4.31. The van der Waals surface area contributed by atoms with Crippen molar-refractivity contribution in [1.29, 1.82) is 0 Å². The molecule has 0 spiro atoms. The number of fused-ring (bicyclic) bond motifs is 1. The number of rotatable bonds is 5. The Balaban J connectivity index is 1.71. The predicted octanol–water partition coefficient (Wildman–Crippen LogP) is 4.02. The average molecular weight is 476 g/mol. The minimum Gasteiger partial charge on any atom is -0.350 e. The average Bonchev–Trinajstić information content (AvgIpc) is 3.03. The van der Waals surface area contributed by atoms with E-state index in [0.29, 0.717) is 11.4 Å². The van der Waals surface area contributed by atoms with Gasteiger partial charge < -0.3 is 10.3 Å². The number of hydrogen-bond donors (Lipinski definition) is 3. The van der Waals surface area contributed by atoms with Gasteiger partial charge in [0.15, 0.2) is 0 Å². The van der Waals surface area contributed by atoms with Crippen molar-refractivity contribution in [3.05, 3.63) is 58.7 Å². The number of alkyl halides is 3. The first-order chi connectivity index (χ1) is 13.0. The van der Waals surface area contributed by atoms with E-state index in [-0.39, 0.29) is 4.90 Å². The Bertz CT molecular complexity index is 1130. The van der Waals surface area contributed by atoms with E-state index in [0.717, 1.165) is 27.5 Å². The van der Waals surface area contributed by atoms with E-state index in [1.807, 2.05) is 18.2 Å². The molecule has 1 aromatic heterocycles. The maximum atomic E-state index is 12.4. The van der Waals surface area contributed by atoms with E-state index in [1.165, 1.54) is 16.9 Å². The van der Waals surface area contributed by atoms with Gasteiger partial charge in [0, 0.05) is 21.1 Å². The summed E-state index contributed by atoms with van der Waals surface area (Å²) in [5, 5.41) is 3.43. The molecule has 0 atom stereocenters. The Morgan fingerprint density at radius 2 is 1.75 bits per heavy atom.